The molecule has 18 heavy (non-hydrogen) atoms. The van der Waals surface area contributed by atoms with E-state index in [2.05, 4.69) is 0 Å². The summed E-state index contributed by atoms with van der Waals surface area (Å²) in [5, 5.41) is 8.65. The first-order valence-electron chi connectivity index (χ1n) is 5.59. The van der Waals surface area contributed by atoms with Gasteiger partial charge in [0.1, 0.15) is 5.75 Å². The van der Waals surface area contributed by atoms with Gasteiger partial charge in [0, 0.05) is 13.1 Å². The second kappa shape index (κ2) is 6.05. The Bertz CT molecular complexity index is 444. The van der Waals surface area contributed by atoms with Gasteiger partial charge in [0.05, 0.1) is 7.11 Å². The molecule has 0 aliphatic heterocycles. The zero-order valence-corrected chi connectivity index (χ0v) is 10.7. The standard InChI is InChI=1S/C13H17NO4/c1-9(14(2)12(15)13(16)17)8-10-6-4-5-7-11(10)18-3/h4-7,9H,8H2,1-3H3,(H,16,17). The molecule has 0 aliphatic carbocycles. The highest BCUT2D eigenvalue weighted by Gasteiger charge is 2.22. The van der Waals surface area contributed by atoms with Crippen molar-refractivity contribution in [2.45, 2.75) is 19.4 Å². The highest BCUT2D eigenvalue weighted by atomic mass is 16.5. The molecule has 0 spiro atoms. The third-order valence-electron chi connectivity index (χ3n) is 2.87. The maximum Gasteiger partial charge on any atom is 0.394 e. The molecular formula is C13H17NO4. The first kappa shape index (κ1) is 14.0. The Kier molecular flexibility index (Phi) is 4.71. The summed E-state index contributed by atoms with van der Waals surface area (Å²) < 4.78 is 5.21. The molecule has 0 heterocycles. The number of carbonyl (C=O) groups excluding carboxylic acids is 1. The first-order valence-corrected chi connectivity index (χ1v) is 5.59. The van der Waals surface area contributed by atoms with Gasteiger partial charge in [0.15, 0.2) is 0 Å². The Balaban J connectivity index is 2.78. The predicted octanol–water partition coefficient (Wildman–Crippen LogP) is 1.17. The average molecular weight is 251 g/mol. The molecule has 1 amide bonds. The van der Waals surface area contributed by atoms with E-state index in [1.165, 1.54) is 11.9 Å². The fraction of sp³-hybridized carbons (Fsp3) is 0.385. The Morgan fingerprint density at radius 3 is 2.56 bits per heavy atom. The van der Waals surface area contributed by atoms with Crippen molar-refractivity contribution in [1.82, 2.24) is 4.90 Å². The number of ether oxygens (including phenoxy) is 1. The van der Waals surface area contributed by atoms with E-state index in [4.69, 9.17) is 9.84 Å². The molecular weight excluding hydrogens is 234 g/mol. The quantitative estimate of drug-likeness (QED) is 0.816. The van der Waals surface area contributed by atoms with Crippen LogP contribution in [0.1, 0.15) is 12.5 Å². The fourth-order valence-corrected chi connectivity index (χ4v) is 1.68. The van der Waals surface area contributed by atoms with E-state index < -0.39 is 11.9 Å². The maximum atomic E-state index is 11.3. The van der Waals surface area contributed by atoms with Crippen LogP contribution in [0.3, 0.4) is 0 Å². The van der Waals surface area contributed by atoms with Crippen molar-refractivity contribution in [2.75, 3.05) is 14.2 Å². The predicted molar refractivity (Wildman–Crippen MR) is 66.6 cm³/mol. The SMILES string of the molecule is COc1ccccc1CC(C)N(C)C(=O)C(=O)O. The topological polar surface area (TPSA) is 66.8 Å². The van der Waals surface area contributed by atoms with Gasteiger partial charge in [0.2, 0.25) is 0 Å². The minimum Gasteiger partial charge on any atom is -0.496 e. The minimum absolute atomic E-state index is 0.218. The number of hydrogen-bond donors (Lipinski definition) is 1. The van der Waals surface area contributed by atoms with Crippen LogP contribution >= 0.6 is 0 Å². The van der Waals surface area contributed by atoms with Crippen LogP contribution in [0.5, 0.6) is 5.75 Å². The van der Waals surface area contributed by atoms with Crippen molar-refractivity contribution in [3.8, 4) is 5.75 Å². The summed E-state index contributed by atoms with van der Waals surface area (Å²) in [5.74, 6) is -1.61. The van der Waals surface area contributed by atoms with Crippen LogP contribution in [-0.2, 0) is 16.0 Å². The first-order chi connectivity index (χ1) is 8.47. The number of carbonyl (C=O) groups is 2. The molecule has 5 nitrogen and oxygen atoms in total. The van der Waals surface area contributed by atoms with Gasteiger partial charge in [-0.25, -0.2) is 4.79 Å². The summed E-state index contributed by atoms with van der Waals surface area (Å²) in [6, 6.07) is 7.25. The lowest BCUT2D eigenvalue weighted by Gasteiger charge is -2.23. The van der Waals surface area contributed by atoms with Crippen LogP contribution in [0.25, 0.3) is 0 Å². The average Bonchev–Trinajstić information content (AvgIpc) is 2.37. The number of carboxylic acid groups (broad SMARTS) is 1. The second-order valence-electron chi connectivity index (χ2n) is 4.09. The van der Waals surface area contributed by atoms with Crippen molar-refractivity contribution in [2.24, 2.45) is 0 Å². The molecule has 0 saturated heterocycles. The van der Waals surface area contributed by atoms with Crippen molar-refractivity contribution >= 4 is 11.9 Å². The van der Waals surface area contributed by atoms with Crippen LogP contribution in [0, 0.1) is 0 Å². The molecule has 1 aromatic rings. The van der Waals surface area contributed by atoms with E-state index in [0.29, 0.717) is 6.42 Å². The second-order valence-corrected chi connectivity index (χ2v) is 4.09. The number of aliphatic carboxylic acids is 1. The molecule has 98 valence electrons. The highest BCUT2D eigenvalue weighted by molar-refractivity contribution is 6.31. The molecule has 0 aromatic heterocycles. The van der Waals surface area contributed by atoms with Crippen molar-refractivity contribution in [3.05, 3.63) is 29.8 Å². The number of likely N-dealkylation sites (N-methyl/N-ethyl adjacent to an activating group) is 1. The molecule has 0 radical (unpaired) electrons. The van der Waals surface area contributed by atoms with Gasteiger partial charge in [0.25, 0.3) is 0 Å². The van der Waals surface area contributed by atoms with Crippen LogP contribution in [0.15, 0.2) is 24.3 Å². The molecule has 0 saturated carbocycles. The molecule has 0 bridgehead atoms. The van der Waals surface area contributed by atoms with Gasteiger partial charge in [-0.3, -0.25) is 4.79 Å². The number of carboxylic acids is 1. The van der Waals surface area contributed by atoms with Gasteiger partial charge in [-0.2, -0.15) is 0 Å². The highest BCUT2D eigenvalue weighted by Crippen LogP contribution is 2.20. The minimum atomic E-state index is -1.44. The van der Waals surface area contributed by atoms with Gasteiger partial charge in [-0.15, -0.1) is 0 Å². The van der Waals surface area contributed by atoms with Gasteiger partial charge in [-0.05, 0) is 25.0 Å². The number of methoxy groups -OCH3 is 1. The number of rotatable bonds is 4. The van der Waals surface area contributed by atoms with E-state index >= 15 is 0 Å². The lowest BCUT2D eigenvalue weighted by atomic mass is 10.1. The van der Waals surface area contributed by atoms with Gasteiger partial charge >= 0.3 is 11.9 Å². The maximum absolute atomic E-state index is 11.3. The van der Waals surface area contributed by atoms with Crippen molar-refractivity contribution in [3.63, 3.8) is 0 Å². The Morgan fingerprint density at radius 1 is 1.39 bits per heavy atom. The third-order valence-corrected chi connectivity index (χ3v) is 2.87. The van der Waals surface area contributed by atoms with E-state index in [0.717, 1.165) is 11.3 Å². The smallest absolute Gasteiger partial charge is 0.394 e. The number of benzene rings is 1. The van der Waals surface area contributed by atoms with E-state index in [1.807, 2.05) is 24.3 Å². The summed E-state index contributed by atoms with van der Waals surface area (Å²) in [5.41, 5.74) is 0.942. The largest absolute Gasteiger partial charge is 0.496 e. The van der Waals surface area contributed by atoms with Crippen LogP contribution in [0.4, 0.5) is 0 Å². The Hall–Kier alpha value is -2.04. The van der Waals surface area contributed by atoms with Crippen molar-refractivity contribution in [1.29, 1.82) is 0 Å². The van der Waals surface area contributed by atoms with Crippen LogP contribution < -0.4 is 4.74 Å². The van der Waals surface area contributed by atoms with Crippen LogP contribution in [-0.4, -0.2) is 42.1 Å². The molecule has 5 heteroatoms. The molecule has 1 rings (SSSR count). The Labute approximate surface area is 106 Å². The Morgan fingerprint density at radius 2 is 2.00 bits per heavy atom. The van der Waals surface area contributed by atoms with Gasteiger partial charge < -0.3 is 14.7 Å². The number of amides is 1. The summed E-state index contributed by atoms with van der Waals surface area (Å²) in [6.07, 6.45) is 0.541. The van der Waals surface area contributed by atoms with Crippen molar-refractivity contribution < 1.29 is 19.4 Å². The van der Waals surface area contributed by atoms with Gasteiger partial charge in [-0.1, -0.05) is 18.2 Å². The zero-order chi connectivity index (χ0) is 13.7. The lowest BCUT2D eigenvalue weighted by Crippen LogP contribution is -2.40. The normalized spacial score (nSPS) is 11.7. The molecule has 1 atom stereocenters. The molecule has 1 aromatic carbocycles. The molecule has 0 aliphatic rings. The summed E-state index contributed by atoms with van der Waals surface area (Å²) in [7, 11) is 3.06. The third kappa shape index (κ3) is 3.23. The summed E-state index contributed by atoms with van der Waals surface area (Å²) >= 11 is 0. The monoisotopic (exact) mass is 251 g/mol. The number of hydrogen-bond acceptors (Lipinski definition) is 3. The van der Waals surface area contributed by atoms with E-state index in [1.54, 1.807) is 14.0 Å². The number of nitrogens with zero attached hydrogens (tertiary/aromatic N) is 1. The fourth-order valence-electron chi connectivity index (χ4n) is 1.68. The summed E-state index contributed by atoms with van der Waals surface area (Å²) in [6.45, 7) is 1.80. The molecule has 1 unspecified atom stereocenters. The molecule has 1 N–H and O–H groups in total. The van der Waals surface area contributed by atoms with E-state index in [9.17, 15) is 9.59 Å². The molecule has 0 fully saturated rings. The van der Waals surface area contributed by atoms with E-state index in [-0.39, 0.29) is 6.04 Å². The number of para-hydroxylation sites is 1. The summed E-state index contributed by atoms with van der Waals surface area (Å²) in [4.78, 5) is 23.1. The zero-order valence-electron chi connectivity index (χ0n) is 10.7. The van der Waals surface area contributed by atoms with Crippen LogP contribution in [0.2, 0.25) is 0 Å². The lowest BCUT2D eigenvalue weighted by molar-refractivity contribution is -0.156.